The second-order valence-electron chi connectivity index (χ2n) is 4.65. The molecule has 0 saturated heterocycles. The molecule has 102 valence electrons. The van der Waals surface area contributed by atoms with Crippen LogP contribution in [0.1, 0.15) is 29.8 Å². The third-order valence-electron chi connectivity index (χ3n) is 3.25. The first-order valence-corrected chi connectivity index (χ1v) is 6.48. The summed E-state index contributed by atoms with van der Waals surface area (Å²) in [5.41, 5.74) is 8.93. The van der Waals surface area contributed by atoms with E-state index in [9.17, 15) is 0 Å². The summed E-state index contributed by atoms with van der Waals surface area (Å²) in [5, 5.41) is 4.91. The van der Waals surface area contributed by atoms with Crippen LogP contribution in [-0.2, 0) is 0 Å². The van der Waals surface area contributed by atoms with Crippen molar-refractivity contribution in [3.05, 3.63) is 40.0 Å². The number of aryl methyl sites for hydroxylation is 2. The van der Waals surface area contributed by atoms with Gasteiger partial charge in [-0.2, -0.15) is 5.10 Å². The SMILES string of the molecule is COc1ccc(C)cc1C(C)n1nc(C)c(Cl)c1N. The standard InChI is InChI=1S/C14H18ClN3O/c1-8-5-6-12(19-4)11(7-8)10(3)18-14(16)13(15)9(2)17-18/h5-7,10H,16H2,1-4H3. The van der Waals surface area contributed by atoms with E-state index < -0.39 is 0 Å². The van der Waals surface area contributed by atoms with Crippen molar-refractivity contribution >= 4 is 17.4 Å². The van der Waals surface area contributed by atoms with Crippen LogP contribution in [0.25, 0.3) is 0 Å². The summed E-state index contributed by atoms with van der Waals surface area (Å²) in [6, 6.07) is 6.00. The monoisotopic (exact) mass is 279 g/mol. The second-order valence-corrected chi connectivity index (χ2v) is 5.03. The molecular weight excluding hydrogens is 262 g/mol. The molecule has 1 aromatic carbocycles. The number of nitrogens with two attached hydrogens (primary N) is 1. The van der Waals surface area contributed by atoms with Crippen molar-refractivity contribution in [2.24, 2.45) is 0 Å². The van der Waals surface area contributed by atoms with Gasteiger partial charge in [0.25, 0.3) is 0 Å². The molecule has 2 aromatic rings. The lowest BCUT2D eigenvalue weighted by Gasteiger charge is -2.18. The van der Waals surface area contributed by atoms with Crippen LogP contribution in [-0.4, -0.2) is 16.9 Å². The van der Waals surface area contributed by atoms with E-state index in [1.165, 1.54) is 0 Å². The maximum absolute atomic E-state index is 6.10. The van der Waals surface area contributed by atoms with E-state index in [0.717, 1.165) is 22.6 Å². The highest BCUT2D eigenvalue weighted by Gasteiger charge is 2.19. The summed E-state index contributed by atoms with van der Waals surface area (Å²) in [5.74, 6) is 1.30. The van der Waals surface area contributed by atoms with Gasteiger partial charge in [0.1, 0.15) is 16.6 Å². The molecular formula is C14H18ClN3O. The molecule has 0 amide bonds. The number of aromatic nitrogens is 2. The topological polar surface area (TPSA) is 53.1 Å². The Morgan fingerprint density at radius 2 is 2.05 bits per heavy atom. The Bertz CT molecular complexity index is 607. The molecule has 1 atom stereocenters. The Labute approximate surface area is 118 Å². The highest BCUT2D eigenvalue weighted by Crippen LogP contribution is 2.32. The van der Waals surface area contributed by atoms with Gasteiger partial charge in [0.05, 0.1) is 18.8 Å². The van der Waals surface area contributed by atoms with Crippen LogP contribution in [0.4, 0.5) is 5.82 Å². The Hall–Kier alpha value is -1.68. The zero-order chi connectivity index (χ0) is 14.2. The quantitative estimate of drug-likeness (QED) is 0.937. The number of anilines is 1. The molecule has 0 spiro atoms. The molecule has 0 aliphatic rings. The lowest BCUT2D eigenvalue weighted by molar-refractivity contribution is 0.401. The van der Waals surface area contributed by atoms with Crippen molar-refractivity contribution in [3.63, 3.8) is 0 Å². The zero-order valence-electron chi connectivity index (χ0n) is 11.6. The van der Waals surface area contributed by atoms with Crippen molar-refractivity contribution in [2.45, 2.75) is 26.8 Å². The van der Waals surface area contributed by atoms with E-state index >= 15 is 0 Å². The van der Waals surface area contributed by atoms with Crippen LogP contribution in [0.15, 0.2) is 18.2 Å². The molecule has 1 aromatic heterocycles. The molecule has 0 saturated carbocycles. The van der Waals surface area contributed by atoms with Crippen molar-refractivity contribution in [1.29, 1.82) is 0 Å². The molecule has 0 aliphatic carbocycles. The van der Waals surface area contributed by atoms with Gasteiger partial charge in [-0.15, -0.1) is 0 Å². The number of nitrogens with zero attached hydrogens (tertiary/aromatic N) is 2. The largest absolute Gasteiger partial charge is 0.496 e. The first-order valence-electron chi connectivity index (χ1n) is 6.10. The highest BCUT2D eigenvalue weighted by molar-refractivity contribution is 6.33. The molecule has 0 bridgehead atoms. The lowest BCUT2D eigenvalue weighted by atomic mass is 10.0. The van der Waals surface area contributed by atoms with Crippen molar-refractivity contribution in [2.75, 3.05) is 12.8 Å². The van der Waals surface area contributed by atoms with Gasteiger partial charge in [-0.25, -0.2) is 4.68 Å². The number of halogens is 1. The minimum Gasteiger partial charge on any atom is -0.496 e. The third-order valence-corrected chi connectivity index (χ3v) is 3.72. The van der Waals surface area contributed by atoms with Gasteiger partial charge in [0, 0.05) is 5.56 Å². The minimum atomic E-state index is -0.0407. The van der Waals surface area contributed by atoms with Crippen molar-refractivity contribution in [3.8, 4) is 5.75 Å². The normalized spacial score (nSPS) is 12.5. The maximum atomic E-state index is 6.10. The Balaban J connectivity index is 2.52. The summed E-state index contributed by atoms with van der Waals surface area (Å²) >= 11 is 6.10. The molecule has 19 heavy (non-hydrogen) atoms. The smallest absolute Gasteiger partial charge is 0.141 e. The zero-order valence-corrected chi connectivity index (χ0v) is 12.3. The van der Waals surface area contributed by atoms with Crippen LogP contribution in [0.3, 0.4) is 0 Å². The van der Waals surface area contributed by atoms with E-state index in [-0.39, 0.29) is 6.04 Å². The number of hydrogen-bond acceptors (Lipinski definition) is 3. The third kappa shape index (κ3) is 2.40. The van der Waals surface area contributed by atoms with E-state index in [1.54, 1.807) is 11.8 Å². The Morgan fingerprint density at radius 3 is 2.58 bits per heavy atom. The van der Waals surface area contributed by atoms with E-state index in [2.05, 4.69) is 11.2 Å². The molecule has 2 rings (SSSR count). The minimum absolute atomic E-state index is 0.0407. The van der Waals surface area contributed by atoms with Gasteiger partial charge in [-0.1, -0.05) is 29.3 Å². The highest BCUT2D eigenvalue weighted by atomic mass is 35.5. The number of rotatable bonds is 3. The van der Waals surface area contributed by atoms with Crippen molar-refractivity contribution in [1.82, 2.24) is 9.78 Å². The van der Waals surface area contributed by atoms with Crippen LogP contribution in [0, 0.1) is 13.8 Å². The molecule has 1 heterocycles. The van der Waals surface area contributed by atoms with Crippen LogP contribution < -0.4 is 10.5 Å². The molecule has 0 radical (unpaired) electrons. The second kappa shape index (κ2) is 5.13. The van der Waals surface area contributed by atoms with E-state index in [0.29, 0.717) is 10.8 Å². The van der Waals surface area contributed by atoms with E-state index in [1.807, 2.05) is 32.9 Å². The number of ether oxygens (including phenoxy) is 1. The number of methoxy groups -OCH3 is 1. The fraction of sp³-hybridized carbons (Fsp3) is 0.357. The van der Waals surface area contributed by atoms with Crippen LogP contribution in [0.2, 0.25) is 5.02 Å². The van der Waals surface area contributed by atoms with Gasteiger partial charge >= 0.3 is 0 Å². The van der Waals surface area contributed by atoms with Crippen molar-refractivity contribution < 1.29 is 4.74 Å². The Morgan fingerprint density at radius 1 is 1.37 bits per heavy atom. The molecule has 1 unspecified atom stereocenters. The van der Waals surface area contributed by atoms with E-state index in [4.69, 9.17) is 22.1 Å². The van der Waals surface area contributed by atoms with Gasteiger partial charge in [-0.05, 0) is 26.8 Å². The molecule has 4 nitrogen and oxygen atoms in total. The van der Waals surface area contributed by atoms with Gasteiger partial charge in [-0.3, -0.25) is 0 Å². The van der Waals surface area contributed by atoms with Crippen LogP contribution >= 0.6 is 11.6 Å². The number of benzene rings is 1. The molecule has 2 N–H and O–H groups in total. The fourth-order valence-corrected chi connectivity index (χ4v) is 2.28. The summed E-state index contributed by atoms with van der Waals surface area (Å²) in [4.78, 5) is 0. The average Bonchev–Trinajstić information content (AvgIpc) is 2.65. The summed E-state index contributed by atoms with van der Waals surface area (Å²) < 4.78 is 7.14. The fourth-order valence-electron chi connectivity index (χ4n) is 2.15. The molecule has 0 fully saturated rings. The number of hydrogen-bond donors (Lipinski definition) is 1. The van der Waals surface area contributed by atoms with Crippen LogP contribution in [0.5, 0.6) is 5.75 Å². The number of nitrogen functional groups attached to an aromatic ring is 1. The molecule has 0 aliphatic heterocycles. The lowest BCUT2D eigenvalue weighted by Crippen LogP contribution is -2.13. The predicted molar refractivity (Wildman–Crippen MR) is 77.9 cm³/mol. The molecule has 5 heteroatoms. The summed E-state index contributed by atoms with van der Waals surface area (Å²) in [6.45, 7) is 5.91. The first kappa shape index (κ1) is 13.7. The summed E-state index contributed by atoms with van der Waals surface area (Å²) in [6.07, 6.45) is 0. The first-order chi connectivity index (χ1) is 8.95. The van der Waals surface area contributed by atoms with Gasteiger partial charge in [0.15, 0.2) is 0 Å². The van der Waals surface area contributed by atoms with Gasteiger partial charge in [0.2, 0.25) is 0 Å². The Kier molecular flexibility index (Phi) is 3.71. The maximum Gasteiger partial charge on any atom is 0.141 e. The predicted octanol–water partition coefficient (Wildman–Crippen LogP) is 3.35. The average molecular weight is 280 g/mol. The summed E-state index contributed by atoms with van der Waals surface area (Å²) in [7, 11) is 1.66. The van der Waals surface area contributed by atoms with Gasteiger partial charge < -0.3 is 10.5 Å².